The third kappa shape index (κ3) is 36.6. The zero-order valence-electron chi connectivity index (χ0n) is 32.7. The molecule has 0 amide bonds. The zero-order valence-corrected chi connectivity index (χ0v) is 33.6. The lowest BCUT2D eigenvalue weighted by atomic mass is 10.0. The molecule has 9 nitrogen and oxygen atoms in total. The van der Waals surface area contributed by atoms with Crippen LogP contribution in [-0.2, 0) is 32.7 Å². The second-order valence-electron chi connectivity index (χ2n) is 15.0. The van der Waals surface area contributed by atoms with E-state index in [0.29, 0.717) is 17.4 Å². The van der Waals surface area contributed by atoms with Crippen molar-refractivity contribution in [1.82, 2.24) is 0 Å². The first-order valence-corrected chi connectivity index (χ1v) is 21.8. The topological polar surface area (TPSA) is 108 Å². The predicted molar refractivity (Wildman–Crippen MR) is 201 cm³/mol. The lowest BCUT2D eigenvalue weighted by molar-refractivity contribution is -0.870. The van der Waals surface area contributed by atoms with Crippen molar-refractivity contribution in [2.75, 3.05) is 47.5 Å². The van der Waals surface area contributed by atoms with E-state index in [-0.39, 0.29) is 25.6 Å². The molecule has 0 rings (SSSR count). The van der Waals surface area contributed by atoms with Gasteiger partial charge in [0.2, 0.25) is 0 Å². The molecule has 0 radical (unpaired) electrons. The van der Waals surface area contributed by atoms with Gasteiger partial charge in [-0.15, -0.1) is 0 Å². The summed E-state index contributed by atoms with van der Waals surface area (Å²) in [5.41, 5.74) is 0. The number of hydrogen-bond donors (Lipinski definition) is 1. The van der Waals surface area contributed by atoms with Gasteiger partial charge < -0.3 is 18.9 Å². The number of nitrogens with zero attached hydrogens (tertiary/aromatic N) is 1. The number of hydrogen-bond acceptors (Lipinski definition) is 7. The van der Waals surface area contributed by atoms with Gasteiger partial charge in [0.15, 0.2) is 6.10 Å². The molecule has 2 atom stereocenters. The molecule has 1 N–H and O–H groups in total. The van der Waals surface area contributed by atoms with E-state index in [0.717, 1.165) is 38.5 Å². The maximum absolute atomic E-state index is 12.6. The van der Waals surface area contributed by atoms with Gasteiger partial charge >= 0.3 is 19.8 Å². The Morgan fingerprint density at radius 1 is 0.551 bits per heavy atom. The Bertz CT molecular complexity index is 819. The average Bonchev–Trinajstić information content (AvgIpc) is 3.04. The molecule has 0 heterocycles. The minimum absolute atomic E-state index is 0.0365. The summed E-state index contributed by atoms with van der Waals surface area (Å²) in [6.45, 7) is 4.43. The van der Waals surface area contributed by atoms with E-state index in [1.807, 2.05) is 21.1 Å². The number of phosphoric acid groups is 1. The summed E-state index contributed by atoms with van der Waals surface area (Å²) in [6, 6.07) is 0. The monoisotopic (exact) mass is 721 g/mol. The minimum Gasteiger partial charge on any atom is -0.462 e. The highest BCUT2D eigenvalue weighted by Crippen LogP contribution is 2.43. The molecule has 292 valence electrons. The number of carbonyl (C=O) groups is 2. The fraction of sp³-hybridized carbons (Fsp3) is 0.949. The standard InChI is InChI=1S/C39H78NO8P/c1-6-8-10-12-14-16-18-20-22-24-26-28-30-32-39(42)48-37(36-47-49(43,44)46-34-33-40(3,4)5)35-45-38(41)31-29-27-25-23-21-19-17-15-13-11-9-7-2/h37H,6-36H2,1-5H3/p+1/t37-/m0/s1. The van der Waals surface area contributed by atoms with E-state index < -0.39 is 26.5 Å². The molecule has 0 aliphatic carbocycles. The van der Waals surface area contributed by atoms with E-state index in [4.69, 9.17) is 18.5 Å². The molecule has 0 saturated carbocycles. The van der Waals surface area contributed by atoms with Crippen LogP contribution < -0.4 is 0 Å². The molecular weight excluding hydrogens is 641 g/mol. The fourth-order valence-electron chi connectivity index (χ4n) is 5.66. The van der Waals surface area contributed by atoms with Gasteiger partial charge in [0, 0.05) is 12.8 Å². The number of ether oxygens (including phenoxy) is 2. The van der Waals surface area contributed by atoms with Crippen molar-refractivity contribution in [1.29, 1.82) is 0 Å². The van der Waals surface area contributed by atoms with Crippen molar-refractivity contribution in [2.45, 2.75) is 193 Å². The molecule has 0 aromatic heterocycles. The first-order chi connectivity index (χ1) is 23.5. The first kappa shape index (κ1) is 48.0. The van der Waals surface area contributed by atoms with E-state index >= 15 is 0 Å². The van der Waals surface area contributed by atoms with Crippen LogP contribution in [0.25, 0.3) is 0 Å². The molecule has 1 unspecified atom stereocenters. The summed E-state index contributed by atoms with van der Waals surface area (Å²) < 4.78 is 34.2. The third-order valence-electron chi connectivity index (χ3n) is 8.89. The minimum atomic E-state index is -4.36. The van der Waals surface area contributed by atoms with Crippen LogP contribution in [0, 0.1) is 0 Å². The smallest absolute Gasteiger partial charge is 0.462 e. The molecule has 0 aromatic carbocycles. The highest BCUT2D eigenvalue weighted by atomic mass is 31.2. The van der Waals surface area contributed by atoms with Crippen LogP contribution in [-0.4, -0.2) is 74.9 Å². The van der Waals surface area contributed by atoms with Gasteiger partial charge in [-0.2, -0.15) is 0 Å². The maximum Gasteiger partial charge on any atom is 0.472 e. The van der Waals surface area contributed by atoms with Crippen molar-refractivity contribution in [3.63, 3.8) is 0 Å². The molecule has 0 fully saturated rings. The Kier molecular flexibility index (Phi) is 32.2. The number of carbonyl (C=O) groups excluding carboxylic acids is 2. The second-order valence-corrected chi connectivity index (χ2v) is 16.5. The summed E-state index contributed by atoms with van der Waals surface area (Å²) in [5, 5.41) is 0. The fourth-order valence-corrected chi connectivity index (χ4v) is 6.40. The van der Waals surface area contributed by atoms with E-state index in [9.17, 15) is 19.0 Å². The van der Waals surface area contributed by atoms with E-state index in [2.05, 4.69) is 13.8 Å². The highest BCUT2D eigenvalue weighted by Gasteiger charge is 2.27. The molecular formula is C39H79NO8P+. The Balaban J connectivity index is 4.38. The number of likely N-dealkylation sites (N-methyl/N-ethyl adjacent to an activating group) is 1. The molecule has 0 aliphatic heterocycles. The van der Waals surface area contributed by atoms with Gasteiger partial charge in [-0.3, -0.25) is 18.6 Å². The SMILES string of the molecule is CCCCCCCCCCCCCCCC(=O)O[C@@H](COC(=O)CCCCCCCCCCCCCC)COP(=O)(O)OCC[N+](C)(C)C. The van der Waals surface area contributed by atoms with Gasteiger partial charge in [-0.1, -0.05) is 162 Å². The molecule has 0 spiro atoms. The second kappa shape index (κ2) is 32.9. The number of esters is 2. The number of rotatable bonds is 37. The Morgan fingerprint density at radius 3 is 1.31 bits per heavy atom. The number of phosphoric ester groups is 1. The average molecular weight is 721 g/mol. The van der Waals surface area contributed by atoms with Crippen LogP contribution in [0.2, 0.25) is 0 Å². The van der Waals surface area contributed by atoms with Crippen molar-refractivity contribution < 1.29 is 42.1 Å². The summed E-state index contributed by atoms with van der Waals surface area (Å²) in [6.07, 6.45) is 30.0. The van der Waals surface area contributed by atoms with E-state index in [1.54, 1.807) is 0 Å². The van der Waals surface area contributed by atoms with Crippen LogP contribution in [0.15, 0.2) is 0 Å². The van der Waals surface area contributed by atoms with Crippen LogP contribution in [0.5, 0.6) is 0 Å². The van der Waals surface area contributed by atoms with Gasteiger partial charge in [-0.05, 0) is 12.8 Å². The summed E-state index contributed by atoms with van der Waals surface area (Å²) in [4.78, 5) is 35.2. The lowest BCUT2D eigenvalue weighted by Crippen LogP contribution is -2.37. The summed E-state index contributed by atoms with van der Waals surface area (Å²) in [5.74, 6) is -0.789. The van der Waals surface area contributed by atoms with Crippen molar-refractivity contribution in [2.24, 2.45) is 0 Å². The highest BCUT2D eigenvalue weighted by molar-refractivity contribution is 7.47. The number of quaternary nitrogens is 1. The van der Waals surface area contributed by atoms with Gasteiger partial charge in [-0.25, -0.2) is 4.57 Å². The van der Waals surface area contributed by atoms with Crippen LogP contribution in [0.4, 0.5) is 0 Å². The quantitative estimate of drug-likeness (QED) is 0.0292. The zero-order chi connectivity index (χ0) is 36.5. The maximum atomic E-state index is 12.6. The first-order valence-electron chi connectivity index (χ1n) is 20.3. The summed E-state index contributed by atoms with van der Waals surface area (Å²) >= 11 is 0. The predicted octanol–water partition coefficient (Wildman–Crippen LogP) is 10.9. The van der Waals surface area contributed by atoms with E-state index in [1.165, 1.54) is 122 Å². The molecule has 0 bridgehead atoms. The van der Waals surface area contributed by atoms with Crippen molar-refractivity contribution >= 4 is 19.8 Å². The van der Waals surface area contributed by atoms with Crippen LogP contribution >= 0.6 is 7.82 Å². The molecule has 10 heteroatoms. The lowest BCUT2D eigenvalue weighted by Gasteiger charge is -2.24. The van der Waals surface area contributed by atoms with Gasteiger partial charge in [0.05, 0.1) is 27.7 Å². The molecule has 0 aliphatic rings. The number of unbranched alkanes of at least 4 members (excludes halogenated alkanes) is 23. The molecule has 0 saturated heterocycles. The molecule has 49 heavy (non-hydrogen) atoms. The Morgan fingerprint density at radius 2 is 0.918 bits per heavy atom. The normalized spacial score (nSPS) is 13.7. The Hall–Kier alpha value is -0.990. The Labute approximate surface area is 302 Å². The molecule has 0 aromatic rings. The van der Waals surface area contributed by atoms with Gasteiger partial charge in [0.1, 0.15) is 19.8 Å². The largest absolute Gasteiger partial charge is 0.472 e. The summed E-state index contributed by atoms with van der Waals surface area (Å²) in [7, 11) is 1.49. The van der Waals surface area contributed by atoms with Crippen molar-refractivity contribution in [3.8, 4) is 0 Å². The van der Waals surface area contributed by atoms with Crippen LogP contribution in [0.3, 0.4) is 0 Å². The van der Waals surface area contributed by atoms with Crippen molar-refractivity contribution in [3.05, 3.63) is 0 Å². The van der Waals surface area contributed by atoms with Crippen LogP contribution in [0.1, 0.15) is 187 Å². The van der Waals surface area contributed by atoms with Gasteiger partial charge in [0.25, 0.3) is 0 Å². The third-order valence-corrected chi connectivity index (χ3v) is 9.87.